The Bertz CT molecular complexity index is 1330. The second kappa shape index (κ2) is 7.78. The van der Waals surface area contributed by atoms with E-state index in [1.807, 2.05) is 31.2 Å². The van der Waals surface area contributed by atoms with Crippen LogP contribution in [0.5, 0.6) is 0 Å². The average Bonchev–Trinajstić information content (AvgIpc) is 3.59. The third-order valence-corrected chi connectivity index (χ3v) is 5.69. The Kier molecular flexibility index (Phi) is 4.92. The molecule has 1 fully saturated rings. The number of aryl methyl sites for hydroxylation is 1. The van der Waals surface area contributed by atoms with Crippen LogP contribution in [-0.2, 0) is 6.54 Å². The number of benzene rings is 1. The van der Waals surface area contributed by atoms with Crippen molar-refractivity contribution in [2.45, 2.75) is 32.2 Å². The molecule has 1 aliphatic rings. The van der Waals surface area contributed by atoms with Crippen molar-refractivity contribution in [3.63, 3.8) is 0 Å². The number of nitrogens with zero attached hydrogens (tertiary/aromatic N) is 5. The lowest BCUT2D eigenvalue weighted by Gasteiger charge is -2.19. The molecule has 3 heterocycles. The molecule has 0 atom stereocenters. The zero-order chi connectivity index (χ0) is 22.4. The van der Waals surface area contributed by atoms with Gasteiger partial charge in [-0.1, -0.05) is 12.1 Å². The molecule has 0 radical (unpaired) electrons. The zero-order valence-corrected chi connectivity index (χ0v) is 17.7. The van der Waals surface area contributed by atoms with Crippen molar-refractivity contribution in [2.24, 2.45) is 0 Å². The summed E-state index contributed by atoms with van der Waals surface area (Å²) in [5.41, 5.74) is 2.80. The summed E-state index contributed by atoms with van der Waals surface area (Å²) < 4.78 is 29.1. The fourth-order valence-corrected chi connectivity index (χ4v) is 3.89. The van der Waals surface area contributed by atoms with Crippen molar-refractivity contribution in [2.75, 3.05) is 7.05 Å². The first-order valence-electron chi connectivity index (χ1n) is 10.4. The van der Waals surface area contributed by atoms with E-state index in [0.717, 1.165) is 24.6 Å². The molecule has 5 rings (SSSR count). The Morgan fingerprint density at radius 1 is 1.19 bits per heavy atom. The van der Waals surface area contributed by atoms with Gasteiger partial charge in [-0.15, -0.1) is 0 Å². The maximum atomic E-state index is 14.2. The van der Waals surface area contributed by atoms with Gasteiger partial charge in [0.1, 0.15) is 11.6 Å². The fraction of sp³-hybridized carbons (Fsp3) is 0.250. The highest BCUT2D eigenvalue weighted by Gasteiger charge is 2.30. The topological polar surface area (TPSA) is 63.9 Å². The van der Waals surface area contributed by atoms with Crippen LogP contribution >= 0.6 is 0 Å². The van der Waals surface area contributed by atoms with E-state index in [9.17, 15) is 13.6 Å². The molecule has 6 nitrogen and oxygen atoms in total. The van der Waals surface area contributed by atoms with Crippen LogP contribution in [0.1, 0.15) is 46.1 Å². The normalized spacial score (nSPS) is 13.5. The molecule has 0 N–H and O–H groups in total. The smallest absolute Gasteiger partial charge is 0.254 e. The molecule has 0 saturated heterocycles. The van der Waals surface area contributed by atoms with Crippen molar-refractivity contribution in [1.82, 2.24) is 24.6 Å². The fourth-order valence-electron chi connectivity index (χ4n) is 3.89. The SMILES string of the molecule is Cc1nn(-c2ccccn2)c2nc(C3CC3)cc(C(=O)N(C)Cc3ccc(F)cc3F)c12. The second-order valence-electron chi connectivity index (χ2n) is 8.15. The van der Waals surface area contributed by atoms with Crippen LogP contribution in [0.4, 0.5) is 8.78 Å². The van der Waals surface area contributed by atoms with Gasteiger partial charge in [-0.05, 0) is 44.0 Å². The minimum atomic E-state index is -0.678. The van der Waals surface area contributed by atoms with Crippen LogP contribution in [0, 0.1) is 18.6 Å². The van der Waals surface area contributed by atoms with Gasteiger partial charge in [0.2, 0.25) is 0 Å². The monoisotopic (exact) mass is 433 g/mol. The molecular formula is C24H21F2N5O. The maximum Gasteiger partial charge on any atom is 0.254 e. The van der Waals surface area contributed by atoms with Crippen LogP contribution in [0.2, 0.25) is 0 Å². The molecule has 0 aliphatic heterocycles. The van der Waals surface area contributed by atoms with E-state index in [2.05, 4.69) is 10.1 Å². The van der Waals surface area contributed by atoms with Crippen molar-refractivity contribution in [3.8, 4) is 5.82 Å². The predicted octanol–water partition coefficient (Wildman–Crippen LogP) is 4.55. The molecule has 162 valence electrons. The lowest BCUT2D eigenvalue weighted by molar-refractivity contribution is 0.0785. The molecule has 32 heavy (non-hydrogen) atoms. The van der Waals surface area contributed by atoms with Crippen LogP contribution in [0.15, 0.2) is 48.7 Å². The van der Waals surface area contributed by atoms with E-state index in [0.29, 0.717) is 34.0 Å². The number of hydrogen-bond acceptors (Lipinski definition) is 4. The largest absolute Gasteiger partial charge is 0.337 e. The maximum absolute atomic E-state index is 14.2. The minimum absolute atomic E-state index is 0.0148. The van der Waals surface area contributed by atoms with E-state index in [1.54, 1.807) is 17.9 Å². The van der Waals surface area contributed by atoms with Gasteiger partial charge in [-0.3, -0.25) is 4.79 Å². The van der Waals surface area contributed by atoms with Crippen molar-refractivity contribution in [1.29, 1.82) is 0 Å². The summed E-state index contributed by atoms with van der Waals surface area (Å²) in [6.45, 7) is 1.84. The molecule has 1 aromatic carbocycles. The Morgan fingerprint density at radius 2 is 2.00 bits per heavy atom. The third-order valence-electron chi connectivity index (χ3n) is 5.69. The highest BCUT2D eigenvalue weighted by Crippen LogP contribution is 2.41. The van der Waals surface area contributed by atoms with Crippen LogP contribution in [-0.4, -0.2) is 37.6 Å². The van der Waals surface area contributed by atoms with Gasteiger partial charge >= 0.3 is 0 Å². The Balaban J connectivity index is 1.59. The van der Waals surface area contributed by atoms with E-state index >= 15 is 0 Å². The first-order chi connectivity index (χ1) is 15.4. The zero-order valence-electron chi connectivity index (χ0n) is 17.7. The van der Waals surface area contributed by atoms with E-state index in [-0.39, 0.29) is 18.0 Å². The van der Waals surface area contributed by atoms with Gasteiger partial charge in [0, 0.05) is 43.0 Å². The van der Waals surface area contributed by atoms with Crippen molar-refractivity contribution in [3.05, 3.63) is 82.8 Å². The number of rotatable bonds is 5. The molecule has 0 bridgehead atoms. The number of fused-ring (bicyclic) bond motifs is 1. The third kappa shape index (κ3) is 3.62. The first kappa shape index (κ1) is 20.2. The van der Waals surface area contributed by atoms with Gasteiger partial charge in [0.25, 0.3) is 5.91 Å². The molecule has 4 aromatic rings. The Hall–Kier alpha value is -3.68. The number of amides is 1. The highest BCUT2D eigenvalue weighted by molar-refractivity contribution is 6.06. The molecule has 0 unspecified atom stereocenters. The average molecular weight is 433 g/mol. The summed E-state index contributed by atoms with van der Waals surface area (Å²) in [6, 6.07) is 10.7. The first-order valence-corrected chi connectivity index (χ1v) is 10.4. The number of carbonyl (C=O) groups excluding carboxylic acids is 1. The van der Waals surface area contributed by atoms with E-state index < -0.39 is 11.6 Å². The number of pyridine rings is 2. The molecule has 1 amide bonds. The molecule has 3 aromatic heterocycles. The minimum Gasteiger partial charge on any atom is -0.337 e. The van der Waals surface area contributed by atoms with Crippen molar-refractivity contribution >= 4 is 16.9 Å². The second-order valence-corrected chi connectivity index (χ2v) is 8.15. The summed E-state index contributed by atoms with van der Waals surface area (Å²) in [4.78, 5) is 24.1. The highest BCUT2D eigenvalue weighted by atomic mass is 19.1. The summed E-state index contributed by atoms with van der Waals surface area (Å²) >= 11 is 0. The van der Waals surface area contributed by atoms with Gasteiger partial charge in [-0.2, -0.15) is 9.78 Å². The number of hydrogen-bond donors (Lipinski definition) is 0. The molecular weight excluding hydrogens is 412 g/mol. The van der Waals surface area contributed by atoms with Crippen LogP contribution < -0.4 is 0 Å². The number of carbonyl (C=O) groups is 1. The standard InChI is InChI=1S/C24H21F2N5O/c1-14-22-18(24(32)30(2)13-16-8-9-17(25)11-19(16)26)12-20(15-6-7-15)28-23(22)31(29-14)21-5-3-4-10-27-21/h3-5,8-12,15H,6-7,13H2,1-2H3. The molecule has 0 spiro atoms. The lowest BCUT2D eigenvalue weighted by Crippen LogP contribution is -2.27. The van der Waals surface area contributed by atoms with Crippen LogP contribution in [0.25, 0.3) is 16.9 Å². The quantitative estimate of drug-likeness (QED) is 0.463. The summed E-state index contributed by atoms with van der Waals surface area (Å²) in [5.74, 6) is -0.666. The predicted molar refractivity (Wildman–Crippen MR) is 116 cm³/mol. The van der Waals surface area contributed by atoms with Crippen molar-refractivity contribution < 1.29 is 13.6 Å². The van der Waals surface area contributed by atoms with Gasteiger partial charge in [0.05, 0.1) is 16.6 Å². The van der Waals surface area contributed by atoms with E-state index in [4.69, 9.17) is 4.98 Å². The summed E-state index contributed by atoms with van der Waals surface area (Å²) in [5, 5.41) is 5.26. The number of aromatic nitrogens is 4. The molecule has 1 saturated carbocycles. The molecule has 8 heteroatoms. The van der Waals surface area contributed by atoms with E-state index in [1.165, 1.54) is 17.0 Å². The Labute approximate surface area is 183 Å². The summed E-state index contributed by atoms with van der Waals surface area (Å²) in [7, 11) is 1.60. The summed E-state index contributed by atoms with van der Waals surface area (Å²) in [6.07, 6.45) is 3.74. The van der Waals surface area contributed by atoms with Crippen LogP contribution in [0.3, 0.4) is 0 Å². The Morgan fingerprint density at radius 3 is 2.69 bits per heavy atom. The van der Waals surface area contributed by atoms with Gasteiger partial charge in [0.15, 0.2) is 11.5 Å². The molecule has 1 aliphatic carbocycles. The van der Waals surface area contributed by atoms with Gasteiger partial charge in [-0.25, -0.2) is 18.7 Å². The lowest BCUT2D eigenvalue weighted by atomic mass is 10.1. The number of halogens is 2. The van der Waals surface area contributed by atoms with Gasteiger partial charge < -0.3 is 4.90 Å².